The van der Waals surface area contributed by atoms with Gasteiger partial charge in [-0.3, -0.25) is 4.79 Å². The fourth-order valence-electron chi connectivity index (χ4n) is 2.88. The Kier molecular flexibility index (Phi) is 6.89. The summed E-state index contributed by atoms with van der Waals surface area (Å²) in [5.74, 6) is -0.290. The van der Waals surface area contributed by atoms with Crippen LogP contribution in [0.4, 0.5) is 10.5 Å². The highest BCUT2D eigenvalue weighted by Gasteiger charge is 2.26. The first-order valence-corrected chi connectivity index (χ1v) is 8.79. The second-order valence-electron chi connectivity index (χ2n) is 5.75. The largest absolute Gasteiger partial charge is 0.469 e. The lowest BCUT2D eigenvalue weighted by Gasteiger charge is -2.34. The number of nitrogens with zero attached hydrogens (tertiary/aromatic N) is 1. The van der Waals surface area contributed by atoms with Crippen molar-refractivity contribution in [3.05, 3.63) is 28.7 Å². The Morgan fingerprint density at radius 1 is 1.22 bits per heavy atom. The average molecular weight is 383 g/mol. The second-order valence-corrected chi connectivity index (χ2v) is 6.66. The van der Waals surface area contributed by atoms with Crippen LogP contribution < -0.4 is 5.32 Å². The number of nitrogens with one attached hydrogen (secondary N) is 1. The van der Waals surface area contributed by atoms with Crippen molar-refractivity contribution < 1.29 is 14.3 Å². The third kappa shape index (κ3) is 5.53. The molecule has 2 amide bonds. The number of halogens is 1. The van der Waals surface area contributed by atoms with Gasteiger partial charge in [0.15, 0.2) is 0 Å². The van der Waals surface area contributed by atoms with Gasteiger partial charge in [-0.15, -0.1) is 0 Å². The molecule has 0 atom stereocenters. The Balaban J connectivity index is 2.02. The van der Waals surface area contributed by atoms with Gasteiger partial charge in [0.2, 0.25) is 0 Å². The molecule has 1 saturated carbocycles. The van der Waals surface area contributed by atoms with E-state index in [1.165, 1.54) is 13.5 Å². The molecule has 1 aromatic carbocycles. The molecule has 1 aliphatic rings. The summed E-state index contributed by atoms with van der Waals surface area (Å²) in [6, 6.07) is 7.51. The third-order valence-electron chi connectivity index (χ3n) is 4.16. The van der Waals surface area contributed by atoms with Gasteiger partial charge >= 0.3 is 12.0 Å². The van der Waals surface area contributed by atoms with Gasteiger partial charge in [0.1, 0.15) is 0 Å². The zero-order valence-electron chi connectivity index (χ0n) is 13.4. The number of esters is 1. The molecule has 5 nitrogen and oxygen atoms in total. The smallest absolute Gasteiger partial charge is 0.322 e. The van der Waals surface area contributed by atoms with E-state index in [9.17, 15) is 9.59 Å². The third-order valence-corrected chi connectivity index (χ3v) is 4.68. The van der Waals surface area contributed by atoms with Gasteiger partial charge in [-0.2, -0.15) is 0 Å². The normalized spacial score (nSPS) is 15.0. The number of hydrogen-bond acceptors (Lipinski definition) is 3. The van der Waals surface area contributed by atoms with Crippen molar-refractivity contribution in [2.24, 2.45) is 0 Å². The molecular weight excluding hydrogens is 360 g/mol. The first kappa shape index (κ1) is 17.8. The number of carbonyl (C=O) groups is 2. The van der Waals surface area contributed by atoms with E-state index in [0.717, 1.165) is 35.8 Å². The highest BCUT2D eigenvalue weighted by molar-refractivity contribution is 9.10. The summed E-state index contributed by atoms with van der Waals surface area (Å²) >= 11 is 3.38. The lowest BCUT2D eigenvalue weighted by atomic mass is 9.94. The lowest BCUT2D eigenvalue weighted by Crippen LogP contribution is -2.45. The van der Waals surface area contributed by atoms with E-state index in [1.807, 2.05) is 24.3 Å². The van der Waals surface area contributed by atoms with Crippen molar-refractivity contribution in [3.63, 3.8) is 0 Å². The maximum Gasteiger partial charge on any atom is 0.322 e. The number of methoxy groups -OCH3 is 1. The minimum absolute atomic E-state index is 0.150. The SMILES string of the molecule is COC(=O)CCN(C(=O)Nc1ccc(Br)cc1)C1CCCCC1. The Bertz CT molecular complexity index is 527. The second kappa shape index (κ2) is 8.91. The van der Waals surface area contributed by atoms with Crippen molar-refractivity contribution in [1.82, 2.24) is 4.90 Å². The molecule has 0 aromatic heterocycles. The highest BCUT2D eigenvalue weighted by atomic mass is 79.9. The molecule has 0 aliphatic heterocycles. The fourth-order valence-corrected chi connectivity index (χ4v) is 3.15. The summed E-state index contributed by atoms with van der Waals surface area (Å²) in [7, 11) is 1.37. The molecular formula is C17H23BrN2O3. The Labute approximate surface area is 145 Å². The van der Waals surface area contributed by atoms with Crippen LogP contribution in [0.1, 0.15) is 38.5 Å². The molecule has 126 valence electrons. The quantitative estimate of drug-likeness (QED) is 0.777. The molecule has 0 radical (unpaired) electrons. The molecule has 2 rings (SSSR count). The van der Waals surface area contributed by atoms with Crippen LogP contribution in [0.25, 0.3) is 0 Å². The monoisotopic (exact) mass is 382 g/mol. The summed E-state index contributed by atoms with van der Waals surface area (Å²) < 4.78 is 5.66. The first-order chi connectivity index (χ1) is 11.1. The van der Waals surface area contributed by atoms with Gasteiger partial charge in [-0.05, 0) is 37.1 Å². The van der Waals surface area contributed by atoms with Crippen LogP contribution in [-0.4, -0.2) is 36.6 Å². The number of carbonyl (C=O) groups excluding carboxylic acids is 2. The number of hydrogen-bond donors (Lipinski definition) is 1. The van der Waals surface area contributed by atoms with Gasteiger partial charge < -0.3 is 15.0 Å². The Morgan fingerprint density at radius 3 is 2.48 bits per heavy atom. The fraction of sp³-hybridized carbons (Fsp3) is 0.529. The predicted molar refractivity (Wildman–Crippen MR) is 93.4 cm³/mol. The van der Waals surface area contributed by atoms with Crippen LogP contribution in [0.3, 0.4) is 0 Å². The van der Waals surface area contributed by atoms with Crippen LogP contribution in [0, 0.1) is 0 Å². The standard InChI is InChI=1S/C17H23BrN2O3/c1-23-16(21)11-12-20(15-5-3-2-4-6-15)17(22)19-14-9-7-13(18)8-10-14/h7-10,15H,2-6,11-12H2,1H3,(H,19,22). The van der Waals surface area contributed by atoms with Crippen LogP contribution in [-0.2, 0) is 9.53 Å². The lowest BCUT2D eigenvalue weighted by molar-refractivity contribution is -0.140. The number of urea groups is 1. The minimum Gasteiger partial charge on any atom is -0.469 e. The Morgan fingerprint density at radius 2 is 1.87 bits per heavy atom. The number of rotatable bonds is 5. The van der Waals surface area contributed by atoms with Gasteiger partial charge in [0.25, 0.3) is 0 Å². The van der Waals surface area contributed by atoms with Gasteiger partial charge in [-0.25, -0.2) is 4.79 Å². The molecule has 0 bridgehead atoms. The molecule has 0 spiro atoms. The zero-order valence-corrected chi connectivity index (χ0v) is 15.0. The van der Waals surface area contributed by atoms with E-state index < -0.39 is 0 Å². The van der Waals surface area contributed by atoms with Crippen molar-refractivity contribution in [2.75, 3.05) is 19.0 Å². The number of ether oxygens (including phenoxy) is 1. The molecule has 1 fully saturated rings. The highest BCUT2D eigenvalue weighted by Crippen LogP contribution is 2.24. The zero-order chi connectivity index (χ0) is 16.7. The summed E-state index contributed by atoms with van der Waals surface area (Å²) in [5.41, 5.74) is 0.747. The van der Waals surface area contributed by atoms with Crippen molar-refractivity contribution in [1.29, 1.82) is 0 Å². The molecule has 0 saturated heterocycles. The van der Waals surface area contributed by atoms with Crippen LogP contribution in [0.15, 0.2) is 28.7 Å². The summed E-state index contributed by atoms with van der Waals surface area (Å²) in [4.78, 5) is 25.9. The first-order valence-electron chi connectivity index (χ1n) is 8.00. The number of amides is 2. The molecule has 1 aliphatic carbocycles. The minimum atomic E-state index is -0.290. The van der Waals surface area contributed by atoms with E-state index in [4.69, 9.17) is 4.74 Å². The summed E-state index contributed by atoms with van der Waals surface area (Å²) in [6.07, 6.45) is 5.69. The number of benzene rings is 1. The molecule has 6 heteroatoms. The molecule has 1 N–H and O–H groups in total. The van der Waals surface area contributed by atoms with E-state index in [0.29, 0.717) is 6.54 Å². The maximum absolute atomic E-state index is 12.6. The van der Waals surface area contributed by atoms with E-state index in [2.05, 4.69) is 21.2 Å². The van der Waals surface area contributed by atoms with Crippen molar-refractivity contribution in [2.45, 2.75) is 44.6 Å². The molecule has 0 heterocycles. The Hall–Kier alpha value is -1.56. The maximum atomic E-state index is 12.6. The van der Waals surface area contributed by atoms with Gasteiger partial charge in [0, 0.05) is 22.7 Å². The van der Waals surface area contributed by atoms with Crippen LogP contribution in [0.2, 0.25) is 0 Å². The van der Waals surface area contributed by atoms with E-state index in [1.54, 1.807) is 4.90 Å². The topological polar surface area (TPSA) is 58.6 Å². The van der Waals surface area contributed by atoms with Crippen LogP contribution in [0.5, 0.6) is 0 Å². The van der Waals surface area contributed by atoms with Gasteiger partial charge in [-0.1, -0.05) is 35.2 Å². The van der Waals surface area contributed by atoms with Gasteiger partial charge in [0.05, 0.1) is 13.5 Å². The molecule has 0 unspecified atom stereocenters. The summed E-state index contributed by atoms with van der Waals surface area (Å²) in [5, 5.41) is 2.92. The van der Waals surface area contributed by atoms with Crippen molar-refractivity contribution >= 4 is 33.6 Å². The van der Waals surface area contributed by atoms with E-state index >= 15 is 0 Å². The number of anilines is 1. The van der Waals surface area contributed by atoms with E-state index in [-0.39, 0.29) is 24.5 Å². The summed E-state index contributed by atoms with van der Waals surface area (Å²) in [6.45, 7) is 0.389. The molecule has 1 aromatic rings. The molecule has 23 heavy (non-hydrogen) atoms. The predicted octanol–water partition coefficient (Wildman–Crippen LogP) is 4.18. The van der Waals surface area contributed by atoms with Crippen molar-refractivity contribution in [3.8, 4) is 0 Å². The van der Waals surface area contributed by atoms with Crippen LogP contribution >= 0.6 is 15.9 Å². The average Bonchev–Trinajstić information content (AvgIpc) is 2.58.